The van der Waals surface area contributed by atoms with Crippen LogP contribution in [0, 0.1) is 0 Å². The summed E-state index contributed by atoms with van der Waals surface area (Å²) in [5.74, 6) is -1.47. The summed E-state index contributed by atoms with van der Waals surface area (Å²) in [7, 11) is -4.69. The third-order valence-corrected chi connectivity index (χ3v) is 4.77. The lowest BCUT2D eigenvalue weighted by atomic mass is 10.2. The second-order valence-corrected chi connectivity index (χ2v) is 8.26. The first-order valence-electron chi connectivity index (χ1n) is 9.94. The van der Waals surface area contributed by atoms with Gasteiger partial charge < -0.3 is 14.4 Å². The lowest BCUT2D eigenvalue weighted by Gasteiger charge is -2.24. The van der Waals surface area contributed by atoms with Crippen molar-refractivity contribution in [3.05, 3.63) is 24.3 Å². The molecule has 0 aromatic heterocycles. The summed E-state index contributed by atoms with van der Waals surface area (Å²) in [6, 6.07) is 0. The maximum atomic E-state index is 12.5. The van der Waals surface area contributed by atoms with Crippen LogP contribution < -0.4 is 0 Å². The molecule has 0 rings (SSSR count). The van der Waals surface area contributed by atoms with Crippen LogP contribution in [0.3, 0.4) is 0 Å². The third kappa shape index (κ3) is 13.4. The zero-order valence-electron chi connectivity index (χ0n) is 18.0. The van der Waals surface area contributed by atoms with Gasteiger partial charge in [0.25, 0.3) is 0 Å². The van der Waals surface area contributed by atoms with E-state index >= 15 is 0 Å². The summed E-state index contributed by atoms with van der Waals surface area (Å²) >= 11 is 0. The molecule has 0 aromatic carbocycles. The van der Waals surface area contributed by atoms with Crippen LogP contribution in [-0.4, -0.2) is 29.4 Å². The number of carbonyl (C=O) groups is 2. The fraction of sp³-hybridized carbons (Fsp3) is 0.700. The largest absolute Gasteiger partial charge is 0.478 e. The van der Waals surface area contributed by atoms with Crippen molar-refractivity contribution in [2.45, 2.75) is 91.6 Å². The summed E-state index contributed by atoms with van der Waals surface area (Å²) in [6.45, 7) is 13.9. The summed E-state index contributed by atoms with van der Waals surface area (Å²) in [4.78, 5) is 33.7. The second-order valence-electron chi connectivity index (χ2n) is 6.90. The van der Waals surface area contributed by atoms with E-state index in [1.54, 1.807) is 0 Å². The van der Waals surface area contributed by atoms with Gasteiger partial charge in [-0.1, -0.05) is 52.7 Å². The van der Waals surface area contributed by atoms with Crippen molar-refractivity contribution < 1.29 is 37.6 Å². The smallest absolute Gasteiger partial charge is 0.432 e. The van der Waals surface area contributed by atoms with E-state index in [0.29, 0.717) is 12.8 Å². The Balaban J connectivity index is 5.15. The van der Waals surface area contributed by atoms with E-state index in [9.17, 15) is 19.0 Å². The molecule has 0 saturated heterocycles. The number of esters is 2. The standard InChI is InChI=1S/C20H35O8P/c1-7-9-11-13-17(25-19(21)15(3)4)27-29(23,24)28-18(14-12-10-8-2)26-20(22)16(5)6/h17-18H,3,5,7-14H2,1-2,4,6H3,(H,23,24). The molecule has 0 spiro atoms. The summed E-state index contributed by atoms with van der Waals surface area (Å²) in [5, 5.41) is 0. The number of phosphoric acid groups is 1. The SMILES string of the molecule is C=C(C)C(=O)OC(CCCCC)OP(=O)(O)OC(CCCCC)OC(=O)C(=C)C. The van der Waals surface area contributed by atoms with Gasteiger partial charge in [-0.05, 0) is 26.7 Å². The second kappa shape index (κ2) is 14.5. The van der Waals surface area contributed by atoms with Gasteiger partial charge >= 0.3 is 19.8 Å². The minimum absolute atomic E-state index is 0.135. The molecule has 0 bridgehead atoms. The highest BCUT2D eigenvalue weighted by molar-refractivity contribution is 7.47. The maximum Gasteiger partial charge on any atom is 0.478 e. The lowest BCUT2D eigenvalue weighted by Crippen LogP contribution is -2.25. The average Bonchev–Trinajstić information content (AvgIpc) is 2.60. The normalized spacial score (nSPS) is 15.1. The Bertz CT molecular complexity index is 553. The van der Waals surface area contributed by atoms with E-state index in [4.69, 9.17) is 18.5 Å². The Morgan fingerprint density at radius 3 is 1.45 bits per heavy atom. The van der Waals surface area contributed by atoms with Gasteiger partial charge in [0.2, 0.25) is 12.6 Å². The van der Waals surface area contributed by atoms with E-state index in [1.165, 1.54) is 13.8 Å². The molecule has 0 radical (unpaired) electrons. The van der Waals surface area contributed by atoms with E-state index < -0.39 is 32.3 Å². The number of rotatable bonds is 16. The van der Waals surface area contributed by atoms with Gasteiger partial charge in [0.1, 0.15) is 0 Å². The first-order chi connectivity index (χ1) is 13.5. The van der Waals surface area contributed by atoms with Gasteiger partial charge in [-0.3, -0.25) is 0 Å². The van der Waals surface area contributed by atoms with Crippen molar-refractivity contribution >= 4 is 19.8 Å². The predicted octanol–water partition coefficient (Wildman–Crippen LogP) is 5.17. The molecular formula is C20H35O8P. The van der Waals surface area contributed by atoms with E-state index in [-0.39, 0.29) is 24.0 Å². The van der Waals surface area contributed by atoms with Crippen molar-refractivity contribution in [3.63, 3.8) is 0 Å². The van der Waals surface area contributed by atoms with Crippen LogP contribution in [0.4, 0.5) is 0 Å². The molecule has 2 atom stereocenters. The highest BCUT2D eigenvalue weighted by atomic mass is 31.2. The third-order valence-electron chi connectivity index (χ3n) is 3.76. The summed E-state index contributed by atoms with van der Waals surface area (Å²) in [6.07, 6.45) is 2.58. The van der Waals surface area contributed by atoms with Crippen LogP contribution >= 0.6 is 7.82 Å². The van der Waals surface area contributed by atoms with Crippen molar-refractivity contribution in [1.29, 1.82) is 0 Å². The average molecular weight is 434 g/mol. The van der Waals surface area contributed by atoms with Gasteiger partial charge in [-0.25, -0.2) is 23.2 Å². The minimum Gasteiger partial charge on any atom is -0.432 e. The highest BCUT2D eigenvalue weighted by Crippen LogP contribution is 2.47. The molecule has 0 aliphatic heterocycles. The molecule has 8 nitrogen and oxygen atoms in total. The lowest BCUT2D eigenvalue weighted by molar-refractivity contribution is -0.170. The molecule has 0 aromatic rings. The molecule has 9 heteroatoms. The maximum absolute atomic E-state index is 12.5. The topological polar surface area (TPSA) is 108 Å². The fourth-order valence-corrected chi connectivity index (χ4v) is 3.09. The van der Waals surface area contributed by atoms with Gasteiger partial charge in [0, 0.05) is 24.0 Å². The number of hydrogen-bond donors (Lipinski definition) is 1. The van der Waals surface area contributed by atoms with Crippen molar-refractivity contribution in [1.82, 2.24) is 0 Å². The molecule has 168 valence electrons. The van der Waals surface area contributed by atoms with Crippen molar-refractivity contribution in [2.24, 2.45) is 0 Å². The van der Waals surface area contributed by atoms with Crippen molar-refractivity contribution in [3.8, 4) is 0 Å². The molecule has 0 aliphatic carbocycles. The van der Waals surface area contributed by atoms with Crippen LogP contribution in [0.2, 0.25) is 0 Å². The van der Waals surface area contributed by atoms with Crippen molar-refractivity contribution in [2.75, 3.05) is 0 Å². The van der Waals surface area contributed by atoms with Crippen LogP contribution in [0.15, 0.2) is 24.3 Å². The number of phosphoric ester groups is 1. The number of ether oxygens (including phenoxy) is 2. The molecule has 0 heterocycles. The van der Waals surface area contributed by atoms with Crippen LogP contribution in [0.5, 0.6) is 0 Å². The zero-order chi connectivity index (χ0) is 22.4. The van der Waals surface area contributed by atoms with Crippen LogP contribution in [-0.2, 0) is 32.7 Å². The number of hydrogen-bond acceptors (Lipinski definition) is 7. The monoisotopic (exact) mass is 434 g/mol. The Kier molecular flexibility index (Phi) is 13.8. The Hall–Kier alpha value is -1.47. The van der Waals surface area contributed by atoms with Crippen LogP contribution in [0.25, 0.3) is 0 Å². The minimum atomic E-state index is -4.69. The molecule has 0 aliphatic rings. The van der Waals surface area contributed by atoms with Gasteiger partial charge in [-0.2, -0.15) is 0 Å². The highest BCUT2D eigenvalue weighted by Gasteiger charge is 2.33. The molecular weight excluding hydrogens is 399 g/mol. The quantitative estimate of drug-likeness (QED) is 0.116. The van der Waals surface area contributed by atoms with Crippen LogP contribution in [0.1, 0.15) is 79.1 Å². The molecule has 29 heavy (non-hydrogen) atoms. The Morgan fingerprint density at radius 2 is 1.17 bits per heavy atom. The molecule has 2 unspecified atom stereocenters. The molecule has 0 amide bonds. The first-order valence-corrected chi connectivity index (χ1v) is 11.4. The first kappa shape index (κ1) is 27.5. The Labute approximate surface area is 173 Å². The zero-order valence-corrected chi connectivity index (χ0v) is 18.9. The fourth-order valence-electron chi connectivity index (χ4n) is 2.15. The molecule has 0 fully saturated rings. The number of carbonyl (C=O) groups excluding carboxylic acids is 2. The van der Waals surface area contributed by atoms with Gasteiger partial charge in [0.15, 0.2) is 0 Å². The van der Waals surface area contributed by atoms with Gasteiger partial charge in [-0.15, -0.1) is 0 Å². The molecule has 1 N–H and O–H groups in total. The van der Waals surface area contributed by atoms with E-state index in [2.05, 4.69) is 13.2 Å². The van der Waals surface area contributed by atoms with E-state index in [1.807, 2.05) is 13.8 Å². The van der Waals surface area contributed by atoms with E-state index in [0.717, 1.165) is 25.7 Å². The molecule has 0 saturated carbocycles. The number of unbranched alkanes of at least 4 members (excludes halogenated alkanes) is 4. The summed E-state index contributed by atoms with van der Waals surface area (Å²) in [5.41, 5.74) is 0.270. The predicted molar refractivity (Wildman–Crippen MR) is 110 cm³/mol. The van der Waals surface area contributed by atoms with Gasteiger partial charge in [0.05, 0.1) is 0 Å². The Morgan fingerprint density at radius 1 is 0.828 bits per heavy atom. The summed E-state index contributed by atoms with van der Waals surface area (Å²) < 4.78 is 32.8.